The molecule has 0 radical (unpaired) electrons. The first-order chi connectivity index (χ1) is 10.0. The Hall–Kier alpha value is -1.55. The standard InChI is InChI=1S/C16H22ClNO3/c1-3-4-5-6-11-21-15(19)12-18(2)16(20)13-7-9-14(17)10-8-13/h7-10H,3-6,11-12H2,1-2H3. The van der Waals surface area contributed by atoms with E-state index in [4.69, 9.17) is 16.3 Å². The molecule has 0 unspecified atom stereocenters. The maximum absolute atomic E-state index is 12.1. The van der Waals surface area contributed by atoms with Gasteiger partial charge in [0.2, 0.25) is 0 Å². The van der Waals surface area contributed by atoms with Crippen LogP contribution in [0.5, 0.6) is 0 Å². The Morgan fingerprint density at radius 1 is 1.14 bits per heavy atom. The van der Waals surface area contributed by atoms with Crippen LogP contribution in [-0.4, -0.2) is 37.0 Å². The minimum absolute atomic E-state index is 0.0464. The minimum atomic E-state index is -0.378. The molecule has 0 saturated heterocycles. The molecule has 0 aromatic heterocycles. The largest absolute Gasteiger partial charge is 0.464 e. The Morgan fingerprint density at radius 2 is 1.81 bits per heavy atom. The average Bonchev–Trinajstić information content (AvgIpc) is 2.47. The molecular formula is C16H22ClNO3. The summed E-state index contributed by atoms with van der Waals surface area (Å²) in [6.45, 7) is 2.50. The van der Waals surface area contributed by atoms with E-state index in [9.17, 15) is 9.59 Å². The van der Waals surface area contributed by atoms with E-state index in [0.29, 0.717) is 17.2 Å². The zero-order valence-electron chi connectivity index (χ0n) is 12.6. The van der Waals surface area contributed by atoms with Crippen molar-refractivity contribution < 1.29 is 14.3 Å². The van der Waals surface area contributed by atoms with E-state index in [1.807, 2.05) is 0 Å². The first-order valence-electron chi connectivity index (χ1n) is 7.21. The number of nitrogens with zero attached hydrogens (tertiary/aromatic N) is 1. The second-order valence-corrected chi connectivity index (χ2v) is 5.39. The van der Waals surface area contributed by atoms with Gasteiger partial charge in [0.25, 0.3) is 5.91 Å². The van der Waals surface area contributed by atoms with Gasteiger partial charge in [0.1, 0.15) is 6.54 Å². The molecule has 0 aliphatic heterocycles. The Morgan fingerprint density at radius 3 is 2.43 bits per heavy atom. The van der Waals surface area contributed by atoms with Gasteiger partial charge in [-0.1, -0.05) is 37.8 Å². The predicted molar refractivity (Wildman–Crippen MR) is 83.5 cm³/mol. The van der Waals surface area contributed by atoms with E-state index in [1.54, 1.807) is 31.3 Å². The summed E-state index contributed by atoms with van der Waals surface area (Å²) in [5.74, 6) is -0.606. The van der Waals surface area contributed by atoms with Crippen molar-refractivity contribution >= 4 is 23.5 Å². The molecule has 1 amide bonds. The number of carbonyl (C=O) groups is 2. The summed E-state index contributed by atoms with van der Waals surface area (Å²) < 4.78 is 5.11. The van der Waals surface area contributed by atoms with Crippen molar-refractivity contribution in [1.82, 2.24) is 4.90 Å². The van der Waals surface area contributed by atoms with E-state index in [2.05, 4.69) is 6.92 Å². The summed E-state index contributed by atoms with van der Waals surface area (Å²) in [7, 11) is 1.58. The molecule has 0 bridgehead atoms. The van der Waals surface area contributed by atoms with Crippen LogP contribution in [0.15, 0.2) is 24.3 Å². The van der Waals surface area contributed by atoms with Crippen molar-refractivity contribution in [2.24, 2.45) is 0 Å². The second kappa shape index (κ2) is 9.40. The number of hydrogen-bond acceptors (Lipinski definition) is 3. The first kappa shape index (κ1) is 17.5. The van der Waals surface area contributed by atoms with Crippen LogP contribution in [0.3, 0.4) is 0 Å². The van der Waals surface area contributed by atoms with E-state index in [0.717, 1.165) is 25.7 Å². The van der Waals surface area contributed by atoms with Crippen molar-refractivity contribution in [3.05, 3.63) is 34.9 Å². The molecule has 1 aromatic carbocycles. The summed E-state index contributed by atoms with van der Waals surface area (Å²) >= 11 is 5.77. The lowest BCUT2D eigenvalue weighted by Crippen LogP contribution is -2.33. The highest BCUT2D eigenvalue weighted by molar-refractivity contribution is 6.30. The van der Waals surface area contributed by atoms with Crippen molar-refractivity contribution in [2.75, 3.05) is 20.2 Å². The van der Waals surface area contributed by atoms with Crippen LogP contribution in [0.25, 0.3) is 0 Å². The fourth-order valence-electron chi connectivity index (χ4n) is 1.84. The number of hydrogen-bond donors (Lipinski definition) is 0. The number of ether oxygens (including phenoxy) is 1. The number of unbranched alkanes of at least 4 members (excludes halogenated alkanes) is 3. The highest BCUT2D eigenvalue weighted by Gasteiger charge is 2.15. The Bertz CT molecular complexity index is 459. The van der Waals surface area contributed by atoms with Crippen LogP contribution in [0.4, 0.5) is 0 Å². The number of likely N-dealkylation sites (N-methyl/N-ethyl adjacent to an activating group) is 1. The quantitative estimate of drug-likeness (QED) is 0.545. The summed E-state index contributed by atoms with van der Waals surface area (Å²) in [6, 6.07) is 6.57. The number of amides is 1. The SMILES string of the molecule is CCCCCCOC(=O)CN(C)C(=O)c1ccc(Cl)cc1. The molecule has 0 heterocycles. The zero-order chi connectivity index (χ0) is 15.7. The van der Waals surface area contributed by atoms with Crippen molar-refractivity contribution in [3.8, 4) is 0 Å². The smallest absolute Gasteiger partial charge is 0.325 e. The Balaban J connectivity index is 2.34. The second-order valence-electron chi connectivity index (χ2n) is 4.95. The van der Waals surface area contributed by atoms with Crippen LogP contribution >= 0.6 is 11.6 Å². The van der Waals surface area contributed by atoms with Crippen LogP contribution in [0, 0.1) is 0 Å². The molecule has 21 heavy (non-hydrogen) atoms. The van der Waals surface area contributed by atoms with Gasteiger partial charge in [-0.05, 0) is 30.7 Å². The van der Waals surface area contributed by atoms with Crippen LogP contribution in [-0.2, 0) is 9.53 Å². The van der Waals surface area contributed by atoms with E-state index >= 15 is 0 Å². The topological polar surface area (TPSA) is 46.6 Å². The predicted octanol–water partition coefficient (Wildman–Crippen LogP) is 3.54. The molecule has 1 rings (SSSR count). The third-order valence-corrected chi connectivity index (χ3v) is 3.32. The zero-order valence-corrected chi connectivity index (χ0v) is 13.4. The maximum atomic E-state index is 12.1. The lowest BCUT2D eigenvalue weighted by Gasteiger charge is -2.16. The van der Waals surface area contributed by atoms with Gasteiger partial charge in [0.15, 0.2) is 0 Å². The lowest BCUT2D eigenvalue weighted by molar-refractivity contribution is -0.144. The molecule has 0 aliphatic rings. The van der Waals surface area contributed by atoms with Crippen LogP contribution in [0.2, 0.25) is 5.02 Å². The lowest BCUT2D eigenvalue weighted by atomic mass is 10.2. The number of benzene rings is 1. The maximum Gasteiger partial charge on any atom is 0.325 e. The molecule has 1 aromatic rings. The molecule has 0 saturated carbocycles. The van der Waals surface area contributed by atoms with Gasteiger partial charge in [-0.25, -0.2) is 0 Å². The monoisotopic (exact) mass is 311 g/mol. The van der Waals surface area contributed by atoms with E-state index in [-0.39, 0.29) is 18.4 Å². The van der Waals surface area contributed by atoms with Gasteiger partial charge in [-0.3, -0.25) is 9.59 Å². The number of rotatable bonds is 8. The highest BCUT2D eigenvalue weighted by atomic mass is 35.5. The van der Waals surface area contributed by atoms with Crippen molar-refractivity contribution in [3.63, 3.8) is 0 Å². The third kappa shape index (κ3) is 6.63. The fraction of sp³-hybridized carbons (Fsp3) is 0.500. The molecule has 5 heteroatoms. The summed E-state index contributed by atoms with van der Waals surface area (Å²) in [6.07, 6.45) is 4.22. The molecule has 4 nitrogen and oxygen atoms in total. The summed E-state index contributed by atoms with van der Waals surface area (Å²) in [4.78, 5) is 25.1. The average molecular weight is 312 g/mol. The summed E-state index contributed by atoms with van der Waals surface area (Å²) in [5, 5.41) is 0.570. The van der Waals surface area contributed by atoms with Crippen LogP contribution < -0.4 is 0 Å². The number of esters is 1. The van der Waals surface area contributed by atoms with Gasteiger partial charge in [-0.15, -0.1) is 0 Å². The van der Waals surface area contributed by atoms with Crippen LogP contribution in [0.1, 0.15) is 43.0 Å². The summed E-state index contributed by atoms with van der Waals surface area (Å²) in [5.41, 5.74) is 0.498. The van der Waals surface area contributed by atoms with Crippen molar-refractivity contribution in [2.45, 2.75) is 32.6 Å². The molecular weight excluding hydrogens is 290 g/mol. The highest BCUT2D eigenvalue weighted by Crippen LogP contribution is 2.11. The van der Waals surface area contributed by atoms with E-state index < -0.39 is 0 Å². The Kier molecular flexibility index (Phi) is 7.83. The fourth-order valence-corrected chi connectivity index (χ4v) is 1.96. The van der Waals surface area contributed by atoms with Gasteiger partial charge in [0.05, 0.1) is 6.61 Å². The molecule has 0 atom stereocenters. The molecule has 116 valence electrons. The molecule has 0 N–H and O–H groups in total. The van der Waals surface area contributed by atoms with Gasteiger partial charge in [0, 0.05) is 17.6 Å². The molecule has 0 aliphatic carbocycles. The molecule has 0 fully saturated rings. The number of carbonyl (C=O) groups excluding carboxylic acids is 2. The normalized spacial score (nSPS) is 10.2. The Labute approximate surface area is 131 Å². The third-order valence-electron chi connectivity index (χ3n) is 3.07. The first-order valence-corrected chi connectivity index (χ1v) is 7.59. The van der Waals surface area contributed by atoms with Gasteiger partial charge < -0.3 is 9.64 Å². The van der Waals surface area contributed by atoms with Gasteiger partial charge in [-0.2, -0.15) is 0 Å². The van der Waals surface area contributed by atoms with Crippen molar-refractivity contribution in [1.29, 1.82) is 0 Å². The minimum Gasteiger partial charge on any atom is -0.464 e. The van der Waals surface area contributed by atoms with E-state index in [1.165, 1.54) is 4.90 Å². The number of halogens is 1. The molecule has 0 spiro atoms. The van der Waals surface area contributed by atoms with Gasteiger partial charge >= 0.3 is 5.97 Å².